The maximum atomic E-state index is 13.5. The Bertz CT molecular complexity index is 1670. The van der Waals surface area contributed by atoms with Gasteiger partial charge in [-0.15, -0.1) is 11.8 Å². The number of Topliss-reactive ketones (excluding diaryl/α,β-unsaturated/α-hetero) is 1. The quantitative estimate of drug-likeness (QED) is 0.147. The molecule has 2 heterocycles. The molecule has 1 saturated carbocycles. The number of urea groups is 1. The van der Waals surface area contributed by atoms with Crippen LogP contribution in [0, 0.1) is 5.92 Å². The van der Waals surface area contributed by atoms with Crippen molar-refractivity contribution in [3.8, 4) is 0 Å². The average molecular weight is 622 g/mol. The first-order chi connectivity index (χ1) is 20.2. The predicted octanol–water partition coefficient (Wildman–Crippen LogP) is 6.75. The predicted molar refractivity (Wildman–Crippen MR) is 168 cm³/mol. The van der Waals surface area contributed by atoms with Gasteiger partial charge in [0.25, 0.3) is 0 Å². The molecule has 0 radical (unpaired) electrons. The van der Waals surface area contributed by atoms with Crippen LogP contribution in [0.2, 0.25) is 0 Å². The molecule has 1 aliphatic carbocycles. The van der Waals surface area contributed by atoms with Crippen LogP contribution in [-0.4, -0.2) is 44.3 Å². The Labute approximate surface area is 253 Å². The van der Waals surface area contributed by atoms with E-state index in [4.69, 9.17) is 0 Å². The van der Waals surface area contributed by atoms with Gasteiger partial charge in [0.1, 0.15) is 0 Å². The molecule has 1 fully saturated rings. The lowest BCUT2D eigenvalue weighted by atomic mass is 9.94. The summed E-state index contributed by atoms with van der Waals surface area (Å²) in [6.07, 6.45) is 5.14. The van der Waals surface area contributed by atoms with Crippen molar-refractivity contribution in [2.24, 2.45) is 5.92 Å². The summed E-state index contributed by atoms with van der Waals surface area (Å²) < 4.78 is 27.1. The number of nitrogens with zero attached hydrogens (tertiary/aromatic N) is 3. The molecule has 218 valence electrons. The Hall–Kier alpha value is -3.74. The van der Waals surface area contributed by atoms with Crippen LogP contribution in [0.25, 0.3) is 0 Å². The number of amides is 2. The van der Waals surface area contributed by atoms with Crippen molar-refractivity contribution in [1.29, 1.82) is 0 Å². The monoisotopic (exact) mass is 621 g/mol. The number of carbonyl (C=O) groups excluding carboxylic acids is 2. The van der Waals surface area contributed by atoms with E-state index in [1.165, 1.54) is 24.0 Å². The maximum absolute atomic E-state index is 13.5. The molecule has 2 amide bonds. The van der Waals surface area contributed by atoms with E-state index >= 15 is 0 Å². The normalized spacial score (nSPS) is 13.6. The number of sulfone groups is 1. The zero-order valence-corrected chi connectivity index (χ0v) is 25.7. The number of nitrogens with one attached hydrogen (secondary N) is 2. The van der Waals surface area contributed by atoms with Crippen LogP contribution in [0.1, 0.15) is 41.7 Å². The molecular formula is C30H31N5O4S3. The molecule has 12 heteroatoms. The van der Waals surface area contributed by atoms with Gasteiger partial charge in [0.15, 0.2) is 20.1 Å². The lowest BCUT2D eigenvalue weighted by Gasteiger charge is -2.18. The Morgan fingerprint density at radius 3 is 2.43 bits per heavy atom. The Morgan fingerprint density at radius 1 is 1.00 bits per heavy atom. The van der Waals surface area contributed by atoms with Crippen molar-refractivity contribution in [2.75, 3.05) is 29.6 Å². The van der Waals surface area contributed by atoms with Crippen molar-refractivity contribution < 1.29 is 18.0 Å². The second-order valence-corrected chi connectivity index (χ2v) is 14.2. The highest BCUT2D eigenvalue weighted by Crippen LogP contribution is 2.36. The minimum absolute atomic E-state index is 0.0183. The van der Waals surface area contributed by atoms with E-state index in [-0.39, 0.29) is 31.8 Å². The van der Waals surface area contributed by atoms with Crippen molar-refractivity contribution in [3.05, 3.63) is 84.2 Å². The fourth-order valence-corrected chi connectivity index (χ4v) is 8.51. The summed E-state index contributed by atoms with van der Waals surface area (Å²) in [5, 5.41) is 5.52. The molecule has 9 nitrogen and oxygen atoms in total. The maximum Gasteiger partial charge on any atom is 0.325 e. The lowest BCUT2D eigenvalue weighted by Crippen LogP contribution is -2.22. The minimum Gasteiger partial charge on any atom is -0.378 e. The van der Waals surface area contributed by atoms with Gasteiger partial charge in [-0.05, 0) is 55.3 Å². The van der Waals surface area contributed by atoms with Gasteiger partial charge in [-0.3, -0.25) is 10.1 Å². The molecule has 4 aromatic rings. The van der Waals surface area contributed by atoms with Gasteiger partial charge < -0.3 is 10.2 Å². The summed E-state index contributed by atoms with van der Waals surface area (Å²) in [5.41, 5.74) is 2.03. The van der Waals surface area contributed by atoms with Crippen molar-refractivity contribution in [1.82, 2.24) is 9.97 Å². The summed E-state index contributed by atoms with van der Waals surface area (Å²) >= 11 is 2.32. The fourth-order valence-electron chi connectivity index (χ4n) is 4.74. The van der Waals surface area contributed by atoms with Crippen molar-refractivity contribution in [3.63, 3.8) is 0 Å². The van der Waals surface area contributed by atoms with E-state index in [2.05, 4.69) is 20.6 Å². The third kappa shape index (κ3) is 6.83. The molecule has 0 aliphatic heterocycles. The summed E-state index contributed by atoms with van der Waals surface area (Å²) in [4.78, 5) is 38.0. The first-order valence-electron chi connectivity index (χ1n) is 13.5. The van der Waals surface area contributed by atoms with Crippen LogP contribution in [-0.2, 0) is 15.6 Å². The molecule has 0 unspecified atom stereocenters. The van der Waals surface area contributed by atoms with Crippen LogP contribution >= 0.6 is 23.1 Å². The molecule has 0 bridgehead atoms. The molecule has 0 saturated heterocycles. The highest BCUT2D eigenvalue weighted by Gasteiger charge is 2.29. The third-order valence-corrected chi connectivity index (χ3v) is 11.2. The highest BCUT2D eigenvalue weighted by atomic mass is 32.2. The highest BCUT2D eigenvalue weighted by molar-refractivity contribution is 7.98. The minimum atomic E-state index is -3.98. The van der Waals surface area contributed by atoms with E-state index in [0.29, 0.717) is 16.9 Å². The number of thiazole rings is 1. The van der Waals surface area contributed by atoms with Crippen LogP contribution in [0.3, 0.4) is 0 Å². The number of rotatable bonds is 10. The number of thioether (sulfide) groups is 1. The van der Waals surface area contributed by atoms with Crippen molar-refractivity contribution >= 4 is 61.3 Å². The van der Waals surface area contributed by atoms with E-state index in [9.17, 15) is 18.0 Å². The van der Waals surface area contributed by atoms with Gasteiger partial charge in [0.2, 0.25) is 9.84 Å². The van der Waals surface area contributed by atoms with Crippen LogP contribution < -0.4 is 15.5 Å². The number of aromatic nitrogens is 2. The topological polar surface area (TPSA) is 121 Å². The van der Waals surface area contributed by atoms with Gasteiger partial charge in [-0.25, -0.2) is 23.2 Å². The molecule has 2 aromatic carbocycles. The van der Waals surface area contributed by atoms with Crippen LogP contribution in [0.4, 0.5) is 21.3 Å². The number of carbonyl (C=O) groups is 2. The zero-order chi connectivity index (χ0) is 29.7. The third-order valence-electron chi connectivity index (χ3n) is 6.92. The summed E-state index contributed by atoms with van der Waals surface area (Å²) in [6, 6.07) is 19.0. The van der Waals surface area contributed by atoms with Crippen molar-refractivity contribution in [2.45, 2.75) is 45.6 Å². The van der Waals surface area contributed by atoms with Gasteiger partial charge >= 0.3 is 6.03 Å². The first-order valence-corrected chi connectivity index (χ1v) is 16.8. The van der Waals surface area contributed by atoms with E-state index in [0.717, 1.165) is 47.6 Å². The zero-order valence-electron chi connectivity index (χ0n) is 23.2. The number of pyridine rings is 1. The smallest absolute Gasteiger partial charge is 0.325 e. The molecule has 2 aromatic heterocycles. The SMILES string of the molecule is CN(C)c1ccc(NC(=O)Nc2nc(CSc3ccccc3)c(S(=O)(=O)c3ccccn3)s2)c(C(=O)C2CCCC2)c1. The lowest BCUT2D eigenvalue weighted by molar-refractivity contribution is 0.0923. The largest absolute Gasteiger partial charge is 0.378 e. The summed E-state index contributed by atoms with van der Waals surface area (Å²) in [7, 11) is -0.189. The fraction of sp³-hybridized carbons (Fsp3) is 0.267. The second-order valence-electron chi connectivity index (χ2n) is 10.1. The molecule has 5 rings (SSSR count). The Morgan fingerprint density at radius 2 is 1.74 bits per heavy atom. The van der Waals surface area contributed by atoms with Crippen LogP contribution in [0.15, 0.2) is 87.1 Å². The van der Waals surface area contributed by atoms with E-state index < -0.39 is 15.9 Å². The molecule has 0 atom stereocenters. The number of benzene rings is 2. The van der Waals surface area contributed by atoms with Gasteiger partial charge in [0, 0.05) is 48.1 Å². The Kier molecular flexibility index (Phi) is 9.24. The average Bonchev–Trinajstić information content (AvgIpc) is 3.68. The van der Waals surface area contributed by atoms with Gasteiger partial charge in [-0.1, -0.05) is 48.4 Å². The molecular weight excluding hydrogens is 591 g/mol. The van der Waals surface area contributed by atoms with Gasteiger partial charge in [-0.2, -0.15) is 0 Å². The number of anilines is 3. The molecule has 1 aliphatic rings. The molecule has 0 spiro atoms. The molecule has 2 N–H and O–H groups in total. The number of hydrogen-bond acceptors (Lipinski definition) is 9. The van der Waals surface area contributed by atoms with Crippen LogP contribution in [0.5, 0.6) is 0 Å². The summed E-state index contributed by atoms with van der Waals surface area (Å²) in [5.74, 6) is 0.232. The van der Waals surface area contributed by atoms with Gasteiger partial charge in [0.05, 0.1) is 11.4 Å². The van der Waals surface area contributed by atoms with E-state index in [1.807, 2.05) is 55.4 Å². The Balaban J connectivity index is 1.41. The standard InChI is InChI=1S/C30H31N5O4S3/c1-35(2)21-15-16-24(23(18-21)27(36)20-10-6-7-11-20)32-29(37)34-30-33-25(19-40-22-12-4-3-5-13-22)28(41-30)42(38,39)26-14-8-9-17-31-26/h3-5,8-9,12-18,20H,6-7,10-11,19H2,1-2H3,(H2,32,33,34,37). The second kappa shape index (κ2) is 13.1. The first kappa shape index (κ1) is 29.7. The molecule has 42 heavy (non-hydrogen) atoms. The van der Waals surface area contributed by atoms with E-state index in [1.54, 1.807) is 24.3 Å². The number of ketones is 1. The number of hydrogen-bond donors (Lipinski definition) is 2. The summed E-state index contributed by atoms with van der Waals surface area (Å²) in [6.45, 7) is 0.